The number of Topliss-reactive ketones (excluding diaryl/α,β-unsaturated/α-hetero) is 6. The topological polar surface area (TPSA) is 169 Å². The second-order valence-electron chi connectivity index (χ2n) is 55.1. The Hall–Kier alpha value is -3.15. The quantitative estimate of drug-likeness (QED) is 0.190. The highest BCUT2D eigenvalue weighted by molar-refractivity contribution is 6.11. The van der Waals surface area contributed by atoms with Gasteiger partial charge in [-0.1, -0.05) is 129 Å². The molecule has 25 rings (SSSR count). The van der Waals surface area contributed by atoms with Gasteiger partial charge in [-0.3, -0.25) is 33.6 Å². The smallest absolute Gasteiger partial charge is 0.155 e. The van der Waals surface area contributed by atoms with Crippen LogP contribution in [0.4, 0.5) is 0 Å². The molecule has 25 aliphatic rings. The van der Waals surface area contributed by atoms with Gasteiger partial charge in [0, 0.05) is 86.1 Å². The van der Waals surface area contributed by atoms with Crippen LogP contribution in [0.15, 0.2) is 34.9 Å². The predicted molar refractivity (Wildman–Crippen MR) is 575 cm³/mol. The summed E-state index contributed by atoms with van der Waals surface area (Å²) in [4.78, 5) is 84.2. The summed E-state index contributed by atoms with van der Waals surface area (Å²) in [5.41, 5.74) is 6.18. The van der Waals surface area contributed by atoms with E-state index in [1.54, 1.807) is 11.1 Å². The summed E-state index contributed by atoms with van der Waals surface area (Å²) in [6.45, 7) is 30.6. The van der Waals surface area contributed by atoms with Crippen molar-refractivity contribution in [2.75, 3.05) is 6.61 Å². The largest absolute Gasteiger partial charge is 0.390 e. The normalized spacial score (nSPS) is 49.4. The Morgan fingerprint density at radius 2 is 0.676 bits per heavy atom. The molecule has 24 aliphatic carbocycles. The van der Waals surface area contributed by atoms with Crippen LogP contribution >= 0.6 is 0 Å². The van der Waals surface area contributed by atoms with Gasteiger partial charge in [0.1, 0.15) is 42.5 Å². The molecule has 0 amide bonds. The van der Waals surface area contributed by atoms with Crippen LogP contribution in [-0.4, -0.2) is 82.4 Å². The molecular formula is C128H211BO10. The van der Waals surface area contributed by atoms with Crippen LogP contribution in [0.3, 0.4) is 0 Å². The van der Waals surface area contributed by atoms with Crippen molar-refractivity contribution in [3.8, 4) is 0 Å². The molecule has 1 heterocycles. The zero-order chi connectivity index (χ0) is 93.6. The monoisotopic (exact) mass is 1920 g/mol. The Morgan fingerprint density at radius 3 is 1.07 bits per heavy atom. The zero-order valence-electron chi connectivity index (χ0n) is 86.5. The lowest BCUT2D eigenvalue weighted by Crippen LogP contribution is -2.50. The highest BCUT2D eigenvalue weighted by atomic mass is 16.5. The molecule has 0 aromatic carbocycles. The molecule has 2 N–H and O–H groups in total. The number of aliphatic hydroxyl groups is 2. The zero-order valence-corrected chi connectivity index (χ0v) is 86.5. The van der Waals surface area contributed by atoms with E-state index in [1.807, 2.05) is 19.9 Å². The second kappa shape index (κ2) is 44.2. The first-order chi connectivity index (χ1) is 63.4. The van der Waals surface area contributed by atoms with Crippen molar-refractivity contribution in [2.24, 2.45) is 215 Å². The van der Waals surface area contributed by atoms with E-state index in [-0.39, 0.29) is 72.4 Å². The van der Waals surface area contributed by atoms with Crippen LogP contribution in [0, 0.1) is 215 Å². The summed E-state index contributed by atoms with van der Waals surface area (Å²) in [5.74, 6) is 28.3. The van der Waals surface area contributed by atoms with Gasteiger partial charge >= 0.3 is 0 Å². The average Bonchev–Trinajstić information content (AvgIpc) is 1.68. The van der Waals surface area contributed by atoms with Crippen LogP contribution in [-0.2, 0) is 38.3 Å². The minimum Gasteiger partial charge on any atom is -0.390 e. The molecule has 39 atom stereocenters. The van der Waals surface area contributed by atoms with Crippen molar-refractivity contribution in [3.63, 3.8) is 0 Å². The van der Waals surface area contributed by atoms with E-state index in [4.69, 9.17) is 12.6 Å². The Balaban J connectivity index is 0.000000138. The van der Waals surface area contributed by atoms with Crippen LogP contribution < -0.4 is 0 Å². The van der Waals surface area contributed by atoms with E-state index < -0.39 is 5.60 Å². The van der Waals surface area contributed by atoms with Crippen molar-refractivity contribution in [2.45, 2.75) is 505 Å². The van der Waals surface area contributed by atoms with E-state index >= 15 is 0 Å². The number of ether oxygens (including phenoxy) is 1. The molecule has 1 saturated heterocycles. The minimum atomic E-state index is -0.412. The van der Waals surface area contributed by atoms with Gasteiger partial charge in [0.05, 0.1) is 11.2 Å². The van der Waals surface area contributed by atoms with E-state index in [1.165, 1.54) is 217 Å². The van der Waals surface area contributed by atoms with E-state index in [9.17, 15) is 43.8 Å². The molecule has 0 aromatic heterocycles. The first kappa shape index (κ1) is 113. The molecule has 0 spiro atoms. The Bertz CT molecular complexity index is 4360. The predicted octanol–water partition coefficient (Wildman–Crippen LogP) is 31.9. The van der Waals surface area contributed by atoms with Gasteiger partial charge in [0.25, 0.3) is 0 Å². The number of carbonyl (C=O) groups is 7. The molecule has 11 heteroatoms. The molecule has 20 unspecified atom stereocenters. The maximum absolute atomic E-state index is 12.4. The van der Waals surface area contributed by atoms with Crippen molar-refractivity contribution in [1.82, 2.24) is 0 Å². The summed E-state index contributed by atoms with van der Waals surface area (Å²) < 4.78 is 4.93. The van der Waals surface area contributed by atoms with Gasteiger partial charge in [-0.05, 0) is 536 Å². The fourth-order valence-electron chi connectivity index (χ4n) is 42.2. The van der Waals surface area contributed by atoms with Gasteiger partial charge in [-0.25, -0.2) is 0 Å². The van der Waals surface area contributed by atoms with Crippen LogP contribution in [0.5, 0.6) is 0 Å². The van der Waals surface area contributed by atoms with Gasteiger partial charge in [-0.2, -0.15) is 0 Å². The maximum Gasteiger partial charge on any atom is 0.155 e. The second-order valence-corrected chi connectivity index (χ2v) is 55.1. The maximum atomic E-state index is 12.4. The van der Waals surface area contributed by atoms with Crippen molar-refractivity contribution >= 4 is 48.3 Å². The van der Waals surface area contributed by atoms with Gasteiger partial charge in [0.15, 0.2) is 5.78 Å². The number of rotatable bonds is 1. The van der Waals surface area contributed by atoms with Gasteiger partial charge < -0.3 is 14.9 Å². The van der Waals surface area contributed by atoms with Crippen molar-refractivity contribution in [1.29, 1.82) is 0 Å². The third kappa shape index (κ3) is 21.1. The summed E-state index contributed by atoms with van der Waals surface area (Å²) in [7, 11) is 5.31. The van der Waals surface area contributed by atoms with E-state index in [0.29, 0.717) is 91.7 Å². The van der Waals surface area contributed by atoms with Crippen LogP contribution in [0.2, 0.25) is 0 Å². The standard InChI is InChI=1S/C21H34O2.C21H34O.C20H32O.C20H30O.C18H26O2.C18H24O2.C4H7BO.6CH4/c1-13(22)18-6-7-19-17-5-4-14-12-20(2,23)10-8-15(14)16(17)9-11-21(18,19)3;1-4-15-6-8-19-18-7-5-14-13-20(2,22)11-9-16(14)17(18)10-12-21(15,19)3;1-19(2)10-8-14-13(12-19)4-5-16-15(14)9-11-20(3)17(16)6-7-18(20)21;1-3-14-5-9-19-18-7-4-13-12-15(21)6-8-16(13)17(18)10-11-20(14,19)2;2*1-18-9-8-14-13-5-3-12(19)10-11(13)2-4-15(14)16(18)6-7-17(18)20;5-4-2-1-3-6-4;;;;;;/h14-19,23H,4-12H2,1-3H3;4,14,16-19,22H,5-13H2,1-3H3;13-17H,4-12H2,1-3H3;3,13,16-19H,4-12H2,1-2H3;11,13-16H,2-10H2,1H3;10,13-16H,2-9H2,1H3;4H,1-3H2;6*1H4/t14?,15-,16?,17?,18+,19?,20+,21+;14-,16+,17?,18?,19?,20-,21-;13-,14+,15?,16?,17?,20+;13-,16+,17?,18?,19?,20-;11-,13+,14?,15?,16?,18+;13-,14?,15?,16?,18-;;;;;;;/m011110......./s1. The third-order valence-corrected chi connectivity index (χ3v) is 48.8. The number of hydrogen-bond donors (Lipinski definition) is 2. The summed E-state index contributed by atoms with van der Waals surface area (Å²) in [6, 6.07) is 0.0463. The minimum absolute atomic E-state index is 0. The Morgan fingerprint density at radius 1 is 0.331 bits per heavy atom. The fraction of sp³-hybridized carbons (Fsp3) is 0.898. The average molecular weight is 1920 g/mol. The summed E-state index contributed by atoms with van der Waals surface area (Å²) in [5, 5.41) is 20.9. The lowest BCUT2D eigenvalue weighted by molar-refractivity contribution is -0.135. The molecule has 0 aromatic rings. The molecule has 786 valence electrons. The first-order valence-corrected chi connectivity index (χ1v) is 57.9. The molecular weight excluding hydrogens is 1710 g/mol. The van der Waals surface area contributed by atoms with Crippen LogP contribution in [0.25, 0.3) is 0 Å². The number of fused-ring (bicyclic) bond motifs is 30. The number of hydrogen-bond acceptors (Lipinski definition) is 10. The number of ketones is 7. The lowest BCUT2D eigenvalue weighted by Gasteiger charge is -2.56. The number of carbonyl (C=O) groups excluding carboxylic acids is 7. The highest BCUT2D eigenvalue weighted by Gasteiger charge is 2.65. The highest BCUT2D eigenvalue weighted by Crippen LogP contribution is 2.71. The molecule has 10 nitrogen and oxygen atoms in total. The first-order valence-electron chi connectivity index (χ1n) is 57.9. The molecule has 24 fully saturated rings. The Kier molecular flexibility index (Phi) is 35.9. The fourth-order valence-corrected chi connectivity index (χ4v) is 42.2. The van der Waals surface area contributed by atoms with Crippen molar-refractivity contribution in [3.05, 3.63) is 34.9 Å². The van der Waals surface area contributed by atoms with E-state index in [2.05, 4.69) is 88.3 Å². The molecule has 139 heavy (non-hydrogen) atoms. The Labute approximate surface area is 853 Å². The molecule has 2 radical (unpaired) electrons. The van der Waals surface area contributed by atoms with Crippen LogP contribution in [0.1, 0.15) is 488 Å². The number of allylic oxidation sites excluding steroid dienone is 5. The third-order valence-electron chi connectivity index (χ3n) is 48.8. The van der Waals surface area contributed by atoms with Crippen molar-refractivity contribution < 1.29 is 48.5 Å². The SMILES string of the molecule is C.C.C.C.C.C.CC(=O)[C@H]1CCC2C3CCC4C[C@](C)(O)CC[C@@H]4C3CC[C@@]21C.CC1(C)CC[C@@H]2C3CC[C@]4(C)C(=O)CCC4C3CC[C@@H]2C1.CC=C1CCC2C3CC[C@@H]4CC(=O)CC[C@@H]4C3CC[C@]12C.CC=C1CCC2C3CC[C@@H]4C[C@](C)(O)CC[C@@H]4C3CC[C@]12C.C[C@]12CCC3C(CCC4=CC(=O)CC[C@@H]43)C1CCC2=O.C[C@]12CCC3C(CC[C@@H]4CC(=O)CC[C@H]34)C1CCC2=O.[B]C1CCCO1. The summed E-state index contributed by atoms with van der Waals surface area (Å²) >= 11 is 0. The van der Waals surface area contributed by atoms with Gasteiger partial charge in [0.2, 0.25) is 0 Å². The summed E-state index contributed by atoms with van der Waals surface area (Å²) in [6.07, 6.45) is 73.3. The molecule has 1 aliphatic heterocycles. The molecule has 0 bridgehead atoms. The van der Waals surface area contributed by atoms with E-state index in [0.717, 1.165) is 296 Å². The lowest BCUT2D eigenvalue weighted by atomic mass is 9.49. The van der Waals surface area contributed by atoms with Gasteiger partial charge in [-0.15, -0.1) is 0 Å². The molecule has 23 saturated carbocycles.